The Hall–Kier alpha value is -3.25. The molecule has 0 amide bonds. The van der Waals surface area contributed by atoms with Gasteiger partial charge in [0.15, 0.2) is 0 Å². The fourth-order valence-electron chi connectivity index (χ4n) is 7.29. The first-order chi connectivity index (χ1) is 20.3. The summed E-state index contributed by atoms with van der Waals surface area (Å²) in [6.07, 6.45) is 11.7. The van der Waals surface area contributed by atoms with Crippen molar-refractivity contribution in [2.75, 3.05) is 0 Å². The highest BCUT2D eigenvalue weighted by Gasteiger charge is 2.39. The van der Waals surface area contributed by atoms with E-state index in [0.717, 1.165) is 77.9 Å². The molecule has 3 fully saturated rings. The molecule has 42 heavy (non-hydrogen) atoms. The molecule has 1 aliphatic carbocycles. The summed E-state index contributed by atoms with van der Waals surface area (Å²) in [5, 5.41) is 13.2. The molecule has 5 nitrogen and oxygen atoms in total. The Morgan fingerprint density at radius 1 is 1.02 bits per heavy atom. The lowest BCUT2D eigenvalue weighted by Crippen LogP contribution is -2.21. The van der Waals surface area contributed by atoms with Crippen LogP contribution in [0.15, 0.2) is 48.7 Å². The van der Waals surface area contributed by atoms with E-state index in [9.17, 15) is 14.3 Å². The third-order valence-electron chi connectivity index (χ3n) is 9.84. The first-order valence-corrected chi connectivity index (χ1v) is 15.8. The van der Waals surface area contributed by atoms with E-state index >= 15 is 0 Å². The van der Waals surface area contributed by atoms with Crippen molar-refractivity contribution >= 4 is 5.97 Å². The van der Waals surface area contributed by atoms with Gasteiger partial charge in [-0.15, -0.1) is 0 Å². The fourth-order valence-corrected chi connectivity index (χ4v) is 7.29. The van der Waals surface area contributed by atoms with E-state index < -0.39 is 11.9 Å². The molecule has 2 saturated heterocycles. The van der Waals surface area contributed by atoms with Crippen molar-refractivity contribution in [2.24, 2.45) is 11.8 Å². The number of carboxylic acid groups (broad SMARTS) is 1. The SMILES string of the molecule is C1CC2CCC1N2.CCc1cc([C@@H]2CCc3ccc([C@H](C4CC4)[C@H](C)C(=O)O)cc3O2)ccc1-c1cc(C)ncc1F. The van der Waals surface area contributed by atoms with E-state index in [0.29, 0.717) is 11.5 Å². The van der Waals surface area contributed by atoms with Gasteiger partial charge in [-0.2, -0.15) is 0 Å². The van der Waals surface area contributed by atoms with Gasteiger partial charge in [0.1, 0.15) is 17.7 Å². The summed E-state index contributed by atoms with van der Waals surface area (Å²) >= 11 is 0. The number of nitrogens with zero attached hydrogens (tertiary/aromatic N) is 1. The molecule has 4 heterocycles. The van der Waals surface area contributed by atoms with Crippen molar-refractivity contribution in [3.63, 3.8) is 0 Å². The smallest absolute Gasteiger partial charge is 0.306 e. The van der Waals surface area contributed by atoms with Gasteiger partial charge >= 0.3 is 5.97 Å². The van der Waals surface area contributed by atoms with Gasteiger partial charge < -0.3 is 15.2 Å². The number of aromatic nitrogens is 1. The number of carboxylic acids is 1. The van der Waals surface area contributed by atoms with Crippen LogP contribution in [0, 0.1) is 24.6 Å². The van der Waals surface area contributed by atoms with Crippen LogP contribution >= 0.6 is 0 Å². The van der Waals surface area contributed by atoms with Crippen molar-refractivity contribution in [2.45, 2.75) is 103 Å². The molecule has 2 aromatic carbocycles. The zero-order valence-electron chi connectivity index (χ0n) is 25.0. The lowest BCUT2D eigenvalue weighted by Gasteiger charge is -2.29. The molecule has 3 aromatic rings. The highest BCUT2D eigenvalue weighted by Crippen LogP contribution is 2.48. The van der Waals surface area contributed by atoms with Gasteiger partial charge in [0.2, 0.25) is 0 Å². The zero-order chi connectivity index (χ0) is 29.4. The van der Waals surface area contributed by atoms with Crippen LogP contribution in [-0.2, 0) is 17.6 Å². The van der Waals surface area contributed by atoms with Gasteiger partial charge in [-0.25, -0.2) is 4.39 Å². The number of benzene rings is 2. The maximum atomic E-state index is 14.5. The number of carbonyl (C=O) groups is 1. The molecule has 6 heteroatoms. The second-order valence-electron chi connectivity index (χ2n) is 12.8. The Kier molecular flexibility index (Phi) is 8.35. The maximum absolute atomic E-state index is 14.5. The Bertz CT molecular complexity index is 1430. The van der Waals surface area contributed by atoms with Crippen molar-refractivity contribution < 1.29 is 19.0 Å². The standard InChI is InChI=1S/C30H32FNO3.C6H11N/c1-4-19-14-22(9-11-24(19)25-13-17(2)32-16-26(25)31)27-12-10-20-5-8-23(15-28(20)35-27)29(21-6-7-21)18(3)30(33)34;1-2-6-4-3-5(1)7-6/h5,8-9,11,13-16,18,21,27,29H,4,6-7,10,12H2,1-3H3,(H,33,34);5-7H,1-4H2/t18-,27-,29-;/m0./s1. The third kappa shape index (κ3) is 6.10. The number of aryl methyl sites for hydroxylation is 3. The van der Waals surface area contributed by atoms with E-state index in [2.05, 4.69) is 41.5 Å². The lowest BCUT2D eigenvalue weighted by atomic mass is 9.82. The maximum Gasteiger partial charge on any atom is 0.306 e. The van der Waals surface area contributed by atoms with E-state index in [1.54, 1.807) is 6.07 Å². The van der Waals surface area contributed by atoms with Gasteiger partial charge in [0.25, 0.3) is 0 Å². The third-order valence-corrected chi connectivity index (χ3v) is 9.84. The predicted octanol–water partition coefficient (Wildman–Crippen LogP) is 7.94. The van der Waals surface area contributed by atoms with Crippen LogP contribution in [0.1, 0.15) is 98.8 Å². The van der Waals surface area contributed by atoms with Gasteiger partial charge in [-0.1, -0.05) is 44.2 Å². The molecule has 2 bridgehead atoms. The van der Waals surface area contributed by atoms with Crippen LogP contribution in [-0.4, -0.2) is 28.1 Å². The highest BCUT2D eigenvalue weighted by molar-refractivity contribution is 5.71. The van der Waals surface area contributed by atoms with Crippen LogP contribution in [0.4, 0.5) is 4.39 Å². The molecule has 1 saturated carbocycles. The Balaban J connectivity index is 0.000000389. The van der Waals surface area contributed by atoms with E-state index in [4.69, 9.17) is 4.74 Å². The van der Waals surface area contributed by atoms with Crippen LogP contribution in [0.5, 0.6) is 5.75 Å². The minimum Gasteiger partial charge on any atom is -0.485 e. The van der Waals surface area contributed by atoms with Crippen LogP contribution in [0.2, 0.25) is 0 Å². The van der Waals surface area contributed by atoms with E-state index in [1.165, 1.54) is 37.4 Å². The summed E-state index contributed by atoms with van der Waals surface area (Å²) in [6.45, 7) is 5.77. The summed E-state index contributed by atoms with van der Waals surface area (Å²) in [5.74, 6) is -0.153. The predicted molar refractivity (Wildman–Crippen MR) is 163 cm³/mol. The number of hydrogen-bond donors (Lipinski definition) is 2. The fraction of sp³-hybridized carbons (Fsp3) is 0.500. The van der Waals surface area contributed by atoms with E-state index in [1.807, 2.05) is 26.0 Å². The molecule has 3 aliphatic heterocycles. The molecule has 3 atom stereocenters. The number of ether oxygens (including phenoxy) is 1. The molecule has 4 aliphatic rings. The molecule has 1 aromatic heterocycles. The monoisotopic (exact) mass is 570 g/mol. The number of hydrogen-bond acceptors (Lipinski definition) is 4. The largest absolute Gasteiger partial charge is 0.485 e. The molecular weight excluding hydrogens is 527 g/mol. The highest BCUT2D eigenvalue weighted by atomic mass is 19.1. The van der Waals surface area contributed by atoms with Gasteiger partial charge in [-0.3, -0.25) is 9.78 Å². The summed E-state index contributed by atoms with van der Waals surface area (Å²) in [7, 11) is 0. The van der Waals surface area contributed by atoms with Crippen LogP contribution in [0.25, 0.3) is 11.1 Å². The summed E-state index contributed by atoms with van der Waals surface area (Å²) in [4.78, 5) is 15.8. The second kappa shape index (κ2) is 12.2. The van der Waals surface area contributed by atoms with Crippen molar-refractivity contribution in [1.82, 2.24) is 10.3 Å². The van der Waals surface area contributed by atoms with Gasteiger partial charge in [0, 0.05) is 23.3 Å². The number of rotatable bonds is 7. The number of aliphatic carboxylic acids is 1. The van der Waals surface area contributed by atoms with Gasteiger partial charge in [0.05, 0.1) is 12.1 Å². The second-order valence-corrected chi connectivity index (χ2v) is 12.8. The average Bonchev–Trinajstić information content (AvgIpc) is 3.57. The van der Waals surface area contributed by atoms with Crippen molar-refractivity contribution in [3.8, 4) is 16.9 Å². The summed E-state index contributed by atoms with van der Waals surface area (Å²) in [6, 6.07) is 16.1. The van der Waals surface area contributed by atoms with Crippen LogP contribution < -0.4 is 10.1 Å². The average molecular weight is 571 g/mol. The molecule has 0 spiro atoms. The number of halogens is 1. The first-order valence-electron chi connectivity index (χ1n) is 15.8. The molecule has 0 radical (unpaired) electrons. The topological polar surface area (TPSA) is 71.5 Å². The van der Waals surface area contributed by atoms with E-state index in [-0.39, 0.29) is 17.8 Å². The number of fused-ring (bicyclic) bond motifs is 3. The quantitative estimate of drug-likeness (QED) is 0.302. The number of pyridine rings is 1. The molecular formula is C36H43FN2O3. The van der Waals surface area contributed by atoms with Crippen LogP contribution in [0.3, 0.4) is 0 Å². The summed E-state index contributed by atoms with van der Waals surface area (Å²) < 4.78 is 21.0. The summed E-state index contributed by atoms with van der Waals surface area (Å²) in [5.41, 5.74) is 6.67. The van der Waals surface area contributed by atoms with Crippen molar-refractivity contribution in [1.29, 1.82) is 0 Å². The zero-order valence-corrected chi connectivity index (χ0v) is 25.0. The Morgan fingerprint density at radius 3 is 2.38 bits per heavy atom. The normalized spacial score (nSPS) is 23.8. The minimum atomic E-state index is -0.744. The molecule has 222 valence electrons. The molecule has 7 rings (SSSR count). The lowest BCUT2D eigenvalue weighted by molar-refractivity contribution is -0.142. The molecule has 2 N–H and O–H groups in total. The van der Waals surface area contributed by atoms with Gasteiger partial charge in [-0.05, 0) is 116 Å². The Labute approximate surface area is 248 Å². The minimum absolute atomic E-state index is 0.0199. The first kappa shape index (κ1) is 28.9. The number of nitrogens with one attached hydrogen (secondary N) is 1. The molecule has 0 unspecified atom stereocenters. The Morgan fingerprint density at radius 2 is 1.76 bits per heavy atom. The van der Waals surface area contributed by atoms with Crippen molar-refractivity contribution in [3.05, 3.63) is 82.4 Å².